The molecule has 0 aliphatic carbocycles. The number of carbonyl (C=O) groups is 1. The summed E-state index contributed by atoms with van der Waals surface area (Å²) >= 11 is 1.65. The average molecular weight is 249 g/mol. The first-order valence-electron chi connectivity index (χ1n) is 5.11. The van der Waals surface area contributed by atoms with Crippen molar-refractivity contribution in [2.45, 2.75) is 6.42 Å². The van der Waals surface area contributed by atoms with Gasteiger partial charge in [0, 0.05) is 17.5 Å². The number of carbonyl (C=O) groups excluding carboxylic acids is 1. The maximum Gasteiger partial charge on any atom is 0.270 e. The van der Waals surface area contributed by atoms with Crippen molar-refractivity contribution in [3.8, 4) is 0 Å². The number of aromatic amines is 1. The average Bonchev–Trinajstić information content (AvgIpc) is 2.82. The molecule has 2 rings (SSSR count). The van der Waals surface area contributed by atoms with Crippen molar-refractivity contribution in [1.82, 2.24) is 15.3 Å². The van der Waals surface area contributed by atoms with Crippen LogP contribution in [0.4, 0.5) is 0 Å². The van der Waals surface area contributed by atoms with Crippen LogP contribution < -0.4 is 10.9 Å². The van der Waals surface area contributed by atoms with Gasteiger partial charge in [-0.1, -0.05) is 6.07 Å². The summed E-state index contributed by atoms with van der Waals surface area (Å²) < 4.78 is 0. The van der Waals surface area contributed by atoms with Crippen molar-refractivity contribution >= 4 is 17.2 Å². The molecule has 0 bridgehead atoms. The fraction of sp³-hybridized carbons (Fsp3) is 0.182. The summed E-state index contributed by atoms with van der Waals surface area (Å²) in [4.78, 5) is 29.9. The number of hydrogen-bond donors (Lipinski definition) is 2. The minimum absolute atomic E-state index is 0.139. The Kier molecular flexibility index (Phi) is 3.66. The number of rotatable bonds is 4. The molecule has 0 saturated heterocycles. The molecule has 0 unspecified atom stereocenters. The van der Waals surface area contributed by atoms with E-state index < -0.39 is 0 Å². The van der Waals surface area contributed by atoms with Crippen molar-refractivity contribution < 1.29 is 4.79 Å². The smallest absolute Gasteiger partial charge is 0.270 e. The second kappa shape index (κ2) is 5.40. The van der Waals surface area contributed by atoms with E-state index in [-0.39, 0.29) is 17.2 Å². The number of amides is 1. The monoisotopic (exact) mass is 249 g/mol. The molecule has 17 heavy (non-hydrogen) atoms. The highest BCUT2D eigenvalue weighted by atomic mass is 32.1. The van der Waals surface area contributed by atoms with Gasteiger partial charge < -0.3 is 10.3 Å². The zero-order valence-electron chi connectivity index (χ0n) is 8.97. The molecule has 2 heterocycles. The Hall–Kier alpha value is -1.95. The quantitative estimate of drug-likeness (QED) is 0.841. The zero-order valence-corrected chi connectivity index (χ0v) is 9.79. The summed E-state index contributed by atoms with van der Waals surface area (Å²) in [6, 6.07) is 5.17. The van der Waals surface area contributed by atoms with Gasteiger partial charge in [0.15, 0.2) is 0 Å². The molecule has 0 aromatic carbocycles. The lowest BCUT2D eigenvalue weighted by Gasteiger charge is -2.02. The van der Waals surface area contributed by atoms with Gasteiger partial charge in [-0.3, -0.25) is 9.59 Å². The van der Waals surface area contributed by atoms with Crippen LogP contribution in [0.2, 0.25) is 0 Å². The molecule has 2 aromatic rings. The second-order valence-corrected chi connectivity index (χ2v) is 4.41. The Balaban J connectivity index is 1.87. The SMILES string of the molecule is O=C(NCCc1cccs1)c1cc(=O)[nH]cn1. The first-order chi connectivity index (χ1) is 8.25. The van der Waals surface area contributed by atoms with Crippen LogP contribution in [0.1, 0.15) is 15.4 Å². The fourth-order valence-corrected chi connectivity index (χ4v) is 2.05. The Morgan fingerprint density at radius 1 is 1.53 bits per heavy atom. The lowest BCUT2D eigenvalue weighted by molar-refractivity contribution is 0.0949. The minimum Gasteiger partial charge on any atom is -0.350 e. The van der Waals surface area contributed by atoms with Gasteiger partial charge in [0.25, 0.3) is 11.5 Å². The summed E-state index contributed by atoms with van der Waals surface area (Å²) in [5.41, 5.74) is -0.191. The van der Waals surface area contributed by atoms with Gasteiger partial charge >= 0.3 is 0 Å². The van der Waals surface area contributed by atoms with E-state index in [9.17, 15) is 9.59 Å². The van der Waals surface area contributed by atoms with E-state index in [0.29, 0.717) is 6.54 Å². The Morgan fingerprint density at radius 3 is 3.12 bits per heavy atom. The number of nitrogens with zero attached hydrogens (tertiary/aromatic N) is 1. The molecule has 0 fully saturated rings. The van der Waals surface area contributed by atoms with Gasteiger partial charge in [-0.15, -0.1) is 11.3 Å². The van der Waals surface area contributed by atoms with Crippen molar-refractivity contribution in [3.63, 3.8) is 0 Å². The molecule has 5 nitrogen and oxygen atoms in total. The van der Waals surface area contributed by atoms with E-state index in [1.54, 1.807) is 11.3 Å². The van der Waals surface area contributed by atoms with Crippen LogP contribution in [0.25, 0.3) is 0 Å². The maximum absolute atomic E-state index is 11.6. The molecule has 0 radical (unpaired) electrons. The van der Waals surface area contributed by atoms with Crippen LogP contribution in [0.15, 0.2) is 34.7 Å². The fourth-order valence-electron chi connectivity index (χ4n) is 1.34. The largest absolute Gasteiger partial charge is 0.350 e. The Labute approximate surface area is 102 Å². The van der Waals surface area contributed by atoms with Gasteiger partial charge in [0.2, 0.25) is 0 Å². The predicted molar refractivity (Wildman–Crippen MR) is 65.2 cm³/mol. The van der Waals surface area contributed by atoms with E-state index in [1.165, 1.54) is 17.3 Å². The van der Waals surface area contributed by atoms with Crippen molar-refractivity contribution in [3.05, 3.63) is 50.8 Å². The van der Waals surface area contributed by atoms with E-state index in [4.69, 9.17) is 0 Å². The molecular weight excluding hydrogens is 238 g/mol. The number of thiophene rings is 1. The number of nitrogens with one attached hydrogen (secondary N) is 2. The molecule has 1 amide bonds. The van der Waals surface area contributed by atoms with Crippen LogP contribution in [-0.2, 0) is 6.42 Å². The Morgan fingerprint density at radius 2 is 2.41 bits per heavy atom. The van der Waals surface area contributed by atoms with Crippen molar-refractivity contribution in [2.75, 3.05) is 6.54 Å². The van der Waals surface area contributed by atoms with Gasteiger partial charge in [-0.05, 0) is 17.9 Å². The van der Waals surface area contributed by atoms with Crippen LogP contribution in [-0.4, -0.2) is 22.4 Å². The molecule has 0 saturated carbocycles. The minimum atomic E-state index is -0.330. The summed E-state index contributed by atoms with van der Waals surface area (Å²) in [6.45, 7) is 0.536. The van der Waals surface area contributed by atoms with Crippen LogP contribution >= 0.6 is 11.3 Å². The molecule has 6 heteroatoms. The summed E-state index contributed by atoms with van der Waals surface area (Å²) in [5, 5.41) is 4.71. The summed E-state index contributed by atoms with van der Waals surface area (Å²) in [7, 11) is 0. The zero-order chi connectivity index (χ0) is 12.1. The first-order valence-corrected chi connectivity index (χ1v) is 5.99. The molecule has 0 aliphatic rings. The van der Waals surface area contributed by atoms with Crippen LogP contribution in [0.5, 0.6) is 0 Å². The molecule has 0 aliphatic heterocycles. The lowest BCUT2D eigenvalue weighted by Crippen LogP contribution is -2.27. The third-order valence-electron chi connectivity index (χ3n) is 2.15. The molecule has 2 aromatic heterocycles. The third-order valence-corrected chi connectivity index (χ3v) is 3.08. The van der Waals surface area contributed by atoms with E-state index in [2.05, 4.69) is 15.3 Å². The lowest BCUT2D eigenvalue weighted by atomic mass is 10.3. The maximum atomic E-state index is 11.6. The number of H-pyrrole nitrogens is 1. The second-order valence-electron chi connectivity index (χ2n) is 3.38. The number of aromatic nitrogens is 2. The standard InChI is InChI=1S/C11H11N3O2S/c15-10-6-9(13-7-14-10)11(16)12-4-3-8-2-1-5-17-8/h1-2,5-7H,3-4H2,(H,12,16)(H,13,14,15). The number of hydrogen-bond acceptors (Lipinski definition) is 4. The van der Waals surface area contributed by atoms with Crippen LogP contribution in [0, 0.1) is 0 Å². The highest BCUT2D eigenvalue weighted by Gasteiger charge is 2.06. The normalized spacial score (nSPS) is 10.1. The van der Waals surface area contributed by atoms with E-state index in [1.807, 2.05) is 17.5 Å². The van der Waals surface area contributed by atoms with Gasteiger partial charge in [0.05, 0.1) is 6.33 Å². The highest BCUT2D eigenvalue weighted by Crippen LogP contribution is 2.08. The summed E-state index contributed by atoms with van der Waals surface area (Å²) in [5.74, 6) is -0.326. The van der Waals surface area contributed by atoms with Crippen LogP contribution in [0.3, 0.4) is 0 Å². The first kappa shape index (κ1) is 11.5. The topological polar surface area (TPSA) is 74.8 Å². The van der Waals surface area contributed by atoms with E-state index in [0.717, 1.165) is 6.42 Å². The van der Waals surface area contributed by atoms with E-state index >= 15 is 0 Å². The highest BCUT2D eigenvalue weighted by molar-refractivity contribution is 7.09. The van der Waals surface area contributed by atoms with Gasteiger partial charge in [-0.25, -0.2) is 4.98 Å². The predicted octanol–water partition coefficient (Wildman–Crippen LogP) is 0.804. The van der Waals surface area contributed by atoms with Crippen molar-refractivity contribution in [1.29, 1.82) is 0 Å². The summed E-state index contributed by atoms with van der Waals surface area (Å²) in [6.07, 6.45) is 2.00. The molecule has 0 spiro atoms. The third kappa shape index (κ3) is 3.25. The van der Waals surface area contributed by atoms with Gasteiger partial charge in [0.1, 0.15) is 5.69 Å². The van der Waals surface area contributed by atoms with Crippen molar-refractivity contribution in [2.24, 2.45) is 0 Å². The molecule has 2 N–H and O–H groups in total. The molecular formula is C11H11N3O2S. The molecule has 88 valence electrons. The van der Waals surface area contributed by atoms with Gasteiger partial charge in [-0.2, -0.15) is 0 Å². The molecule has 0 atom stereocenters. The Bertz CT molecular complexity index is 548.